The molecule has 70 valence electrons. The van der Waals surface area contributed by atoms with Crippen LogP contribution < -0.4 is 0 Å². The van der Waals surface area contributed by atoms with Gasteiger partial charge in [0, 0.05) is 5.02 Å². The van der Waals surface area contributed by atoms with Crippen LogP contribution in [0.25, 0.3) is 0 Å². The maximum Gasteiger partial charge on any atom is 0.418 e. The molecule has 0 amide bonds. The standard InChI is InChI=1S/C7H3ClF3NO/c8-4-1-2-6(12-13)5(3-4)7(9,10)11/h1-3H. The molecule has 0 radical (unpaired) electrons. The first kappa shape index (κ1) is 9.98. The first-order valence-electron chi connectivity index (χ1n) is 3.15. The minimum absolute atomic E-state index is 0.0836. The molecule has 0 aliphatic carbocycles. The van der Waals surface area contributed by atoms with Crippen LogP contribution in [0.1, 0.15) is 5.56 Å². The average molecular weight is 210 g/mol. The van der Waals surface area contributed by atoms with Gasteiger partial charge in [-0.25, -0.2) is 0 Å². The van der Waals surface area contributed by atoms with Gasteiger partial charge in [0.15, 0.2) is 0 Å². The fourth-order valence-electron chi connectivity index (χ4n) is 0.815. The molecule has 0 aromatic heterocycles. The summed E-state index contributed by atoms with van der Waals surface area (Å²) in [5.41, 5.74) is -1.77. The number of halogens is 4. The minimum Gasteiger partial charge on any atom is -0.166 e. The van der Waals surface area contributed by atoms with Gasteiger partial charge in [0.25, 0.3) is 0 Å². The second kappa shape index (κ2) is 3.33. The van der Waals surface area contributed by atoms with Crippen molar-refractivity contribution in [1.29, 1.82) is 0 Å². The van der Waals surface area contributed by atoms with Gasteiger partial charge in [0.05, 0.1) is 5.56 Å². The Morgan fingerprint density at radius 2 is 1.92 bits per heavy atom. The smallest absolute Gasteiger partial charge is 0.166 e. The van der Waals surface area contributed by atoms with Crippen molar-refractivity contribution < 1.29 is 13.2 Å². The molecule has 0 atom stereocenters. The van der Waals surface area contributed by atoms with E-state index < -0.39 is 17.4 Å². The van der Waals surface area contributed by atoms with Crippen molar-refractivity contribution >= 4 is 17.3 Å². The van der Waals surface area contributed by atoms with E-state index in [1.807, 2.05) is 0 Å². The van der Waals surface area contributed by atoms with Crippen molar-refractivity contribution in [2.45, 2.75) is 6.18 Å². The SMILES string of the molecule is O=Nc1ccc(Cl)cc1C(F)(F)F. The predicted molar refractivity (Wildman–Crippen MR) is 41.9 cm³/mol. The quantitative estimate of drug-likeness (QED) is 0.648. The Bertz CT molecular complexity index is 337. The van der Waals surface area contributed by atoms with Gasteiger partial charge in [-0.1, -0.05) is 11.6 Å². The maximum atomic E-state index is 12.2. The lowest BCUT2D eigenvalue weighted by Crippen LogP contribution is -2.04. The molecule has 1 aromatic rings. The number of nitroso groups, excluding NO2 is 1. The molecule has 1 aromatic carbocycles. The van der Waals surface area contributed by atoms with Crippen molar-refractivity contribution in [3.05, 3.63) is 33.7 Å². The molecule has 0 unspecified atom stereocenters. The summed E-state index contributed by atoms with van der Waals surface area (Å²) < 4.78 is 36.5. The van der Waals surface area contributed by atoms with Crippen LogP contribution in [0.2, 0.25) is 5.02 Å². The highest BCUT2D eigenvalue weighted by molar-refractivity contribution is 6.30. The van der Waals surface area contributed by atoms with Gasteiger partial charge in [-0.2, -0.15) is 13.2 Å². The Morgan fingerprint density at radius 3 is 2.38 bits per heavy atom. The van der Waals surface area contributed by atoms with Crippen LogP contribution in [0.5, 0.6) is 0 Å². The zero-order chi connectivity index (χ0) is 10.1. The largest absolute Gasteiger partial charge is 0.418 e. The van der Waals surface area contributed by atoms with E-state index in [0.29, 0.717) is 6.07 Å². The third-order valence-electron chi connectivity index (χ3n) is 1.36. The summed E-state index contributed by atoms with van der Waals surface area (Å²) in [5.74, 6) is 0. The topological polar surface area (TPSA) is 29.4 Å². The van der Waals surface area contributed by atoms with E-state index in [9.17, 15) is 18.1 Å². The third-order valence-corrected chi connectivity index (χ3v) is 1.60. The highest BCUT2D eigenvalue weighted by Gasteiger charge is 2.34. The predicted octanol–water partition coefficient (Wildman–Crippen LogP) is 3.76. The van der Waals surface area contributed by atoms with E-state index >= 15 is 0 Å². The van der Waals surface area contributed by atoms with E-state index in [-0.39, 0.29) is 5.02 Å². The van der Waals surface area contributed by atoms with E-state index in [1.165, 1.54) is 6.07 Å². The molecule has 2 nitrogen and oxygen atoms in total. The summed E-state index contributed by atoms with van der Waals surface area (Å²) in [7, 11) is 0. The molecule has 0 fully saturated rings. The van der Waals surface area contributed by atoms with Gasteiger partial charge < -0.3 is 0 Å². The maximum absolute atomic E-state index is 12.2. The molecule has 0 saturated carbocycles. The Labute approximate surface area is 76.3 Å². The summed E-state index contributed by atoms with van der Waals surface area (Å²) in [6, 6.07) is 2.77. The molecular weight excluding hydrogens is 207 g/mol. The Balaban J connectivity index is 3.32. The van der Waals surface area contributed by atoms with Crippen molar-refractivity contribution in [3.63, 3.8) is 0 Å². The Hall–Kier alpha value is -1.10. The highest BCUT2D eigenvalue weighted by atomic mass is 35.5. The molecule has 0 saturated heterocycles. The molecule has 0 heterocycles. The first-order chi connectivity index (χ1) is 5.95. The minimum atomic E-state index is -4.60. The molecule has 13 heavy (non-hydrogen) atoms. The molecule has 0 spiro atoms. The van der Waals surface area contributed by atoms with Crippen LogP contribution in [0, 0.1) is 4.91 Å². The van der Waals surface area contributed by atoms with Crippen LogP contribution in [0.3, 0.4) is 0 Å². The lowest BCUT2D eigenvalue weighted by molar-refractivity contribution is -0.137. The van der Waals surface area contributed by atoms with E-state index in [0.717, 1.165) is 6.07 Å². The van der Waals surface area contributed by atoms with Crippen molar-refractivity contribution in [3.8, 4) is 0 Å². The number of hydrogen-bond acceptors (Lipinski definition) is 2. The van der Waals surface area contributed by atoms with Crippen LogP contribution in [0.15, 0.2) is 23.4 Å². The second-order valence-electron chi connectivity index (χ2n) is 2.25. The van der Waals surface area contributed by atoms with Gasteiger partial charge >= 0.3 is 6.18 Å². The van der Waals surface area contributed by atoms with Gasteiger partial charge in [0.2, 0.25) is 0 Å². The van der Waals surface area contributed by atoms with E-state index in [2.05, 4.69) is 5.18 Å². The lowest BCUT2D eigenvalue weighted by Gasteiger charge is -2.07. The van der Waals surface area contributed by atoms with Crippen molar-refractivity contribution in [1.82, 2.24) is 0 Å². The first-order valence-corrected chi connectivity index (χ1v) is 3.53. The summed E-state index contributed by atoms with van der Waals surface area (Å²) in [6.07, 6.45) is -4.60. The zero-order valence-electron chi connectivity index (χ0n) is 6.10. The molecule has 1 rings (SSSR count). The lowest BCUT2D eigenvalue weighted by atomic mass is 10.2. The number of alkyl halides is 3. The molecule has 6 heteroatoms. The average Bonchev–Trinajstić information content (AvgIpc) is 2.03. The van der Waals surface area contributed by atoms with E-state index in [4.69, 9.17) is 11.6 Å². The summed E-state index contributed by atoms with van der Waals surface area (Å²) >= 11 is 5.34. The van der Waals surface area contributed by atoms with Crippen molar-refractivity contribution in [2.24, 2.45) is 5.18 Å². The van der Waals surface area contributed by atoms with Crippen molar-refractivity contribution in [2.75, 3.05) is 0 Å². The molecule has 0 bridgehead atoms. The van der Waals surface area contributed by atoms with Gasteiger partial charge in [-0.05, 0) is 23.4 Å². The van der Waals surface area contributed by atoms with Gasteiger partial charge in [0.1, 0.15) is 5.69 Å². The highest BCUT2D eigenvalue weighted by Crippen LogP contribution is 2.37. The third kappa shape index (κ3) is 2.18. The van der Waals surface area contributed by atoms with E-state index in [1.54, 1.807) is 0 Å². The number of rotatable bonds is 1. The van der Waals surface area contributed by atoms with Gasteiger partial charge in [-0.15, -0.1) is 4.91 Å². The summed E-state index contributed by atoms with van der Waals surface area (Å²) in [5, 5.41) is 2.17. The Kier molecular flexibility index (Phi) is 2.56. The molecular formula is C7H3ClF3NO. The second-order valence-corrected chi connectivity index (χ2v) is 2.69. The number of nitrogens with zero attached hydrogens (tertiary/aromatic N) is 1. The van der Waals surface area contributed by atoms with Crippen LogP contribution in [-0.4, -0.2) is 0 Å². The molecule has 0 aliphatic rings. The zero-order valence-corrected chi connectivity index (χ0v) is 6.86. The van der Waals surface area contributed by atoms with Crippen LogP contribution in [-0.2, 0) is 6.18 Å². The molecule has 0 N–H and O–H groups in total. The fraction of sp³-hybridized carbons (Fsp3) is 0.143. The van der Waals surface area contributed by atoms with Crippen LogP contribution in [0.4, 0.5) is 18.9 Å². The number of benzene rings is 1. The molecule has 0 aliphatic heterocycles. The fourth-order valence-corrected chi connectivity index (χ4v) is 0.987. The summed E-state index contributed by atoms with van der Waals surface area (Å²) in [4.78, 5) is 9.99. The summed E-state index contributed by atoms with van der Waals surface area (Å²) in [6.45, 7) is 0. The number of hydrogen-bond donors (Lipinski definition) is 0. The Morgan fingerprint density at radius 1 is 1.31 bits per heavy atom. The van der Waals surface area contributed by atoms with Crippen LogP contribution >= 0.6 is 11.6 Å². The monoisotopic (exact) mass is 209 g/mol. The normalized spacial score (nSPS) is 11.4. The van der Waals surface area contributed by atoms with Gasteiger partial charge in [-0.3, -0.25) is 0 Å².